The van der Waals surface area contributed by atoms with Crippen molar-refractivity contribution < 1.29 is 23.9 Å². The van der Waals surface area contributed by atoms with Crippen LogP contribution in [-0.2, 0) is 0 Å². The van der Waals surface area contributed by atoms with Gasteiger partial charge < -0.3 is 9.52 Å². The molecule has 0 fully saturated rings. The summed E-state index contributed by atoms with van der Waals surface area (Å²) >= 11 is 6.33. The smallest absolute Gasteiger partial charge is 0.335 e. The number of carbonyl (C=O) groups excluding carboxylic acids is 2. The zero-order valence-electron chi connectivity index (χ0n) is 15.1. The number of oxazole rings is 1. The standard InChI is InChI=1S/C22H11ClN2O5/c23-16-8-6-12(10-15(16)19-24-17-3-1-2-4-18(17)30-19)25-20(26)13-7-5-11(22(28)29)9-14(13)21(25)27/h1-10H,(H,28,29). The number of hydrogen-bond acceptors (Lipinski definition) is 5. The van der Waals surface area contributed by atoms with Crippen LogP contribution in [0, 0.1) is 0 Å². The molecule has 0 bridgehead atoms. The number of aromatic nitrogens is 1. The SMILES string of the molecule is O=C(O)c1ccc2c(c1)C(=O)N(c1ccc(Cl)c(-c3nc4ccccc4o3)c1)C2=O. The minimum Gasteiger partial charge on any atom is -0.478 e. The Morgan fingerprint density at radius 2 is 1.70 bits per heavy atom. The number of aromatic carboxylic acids is 1. The number of carbonyl (C=O) groups is 3. The highest BCUT2D eigenvalue weighted by Gasteiger charge is 2.37. The lowest BCUT2D eigenvalue weighted by Crippen LogP contribution is -2.29. The normalized spacial score (nSPS) is 13.2. The van der Waals surface area contributed by atoms with E-state index in [1.807, 2.05) is 12.1 Å². The lowest BCUT2D eigenvalue weighted by Gasteiger charge is -2.15. The highest BCUT2D eigenvalue weighted by atomic mass is 35.5. The zero-order valence-corrected chi connectivity index (χ0v) is 15.9. The number of rotatable bonds is 3. The van der Waals surface area contributed by atoms with Crippen LogP contribution in [0.4, 0.5) is 5.69 Å². The molecule has 5 rings (SSSR count). The third kappa shape index (κ3) is 2.67. The van der Waals surface area contributed by atoms with Gasteiger partial charge in [-0.05, 0) is 48.5 Å². The molecule has 7 nitrogen and oxygen atoms in total. The van der Waals surface area contributed by atoms with E-state index in [4.69, 9.17) is 21.1 Å². The Morgan fingerprint density at radius 1 is 0.933 bits per heavy atom. The number of amides is 2. The molecule has 4 aromatic rings. The van der Waals surface area contributed by atoms with Crippen molar-refractivity contribution in [1.29, 1.82) is 0 Å². The van der Waals surface area contributed by atoms with Gasteiger partial charge in [0.15, 0.2) is 5.58 Å². The maximum Gasteiger partial charge on any atom is 0.335 e. The number of hydrogen-bond donors (Lipinski definition) is 1. The number of para-hydroxylation sites is 2. The van der Waals surface area contributed by atoms with E-state index in [0.29, 0.717) is 21.7 Å². The molecule has 0 radical (unpaired) electrons. The van der Waals surface area contributed by atoms with Crippen molar-refractivity contribution in [1.82, 2.24) is 4.98 Å². The molecule has 146 valence electrons. The van der Waals surface area contributed by atoms with Crippen molar-refractivity contribution in [2.24, 2.45) is 0 Å². The third-order valence-corrected chi connectivity index (χ3v) is 5.20. The Balaban J connectivity index is 1.59. The number of imide groups is 1. The molecular formula is C22H11ClN2O5. The van der Waals surface area contributed by atoms with Gasteiger partial charge in [0.2, 0.25) is 5.89 Å². The molecule has 30 heavy (non-hydrogen) atoms. The number of anilines is 1. The molecule has 0 aliphatic carbocycles. The lowest BCUT2D eigenvalue weighted by atomic mass is 10.1. The molecule has 1 N–H and O–H groups in total. The van der Waals surface area contributed by atoms with Crippen molar-refractivity contribution in [2.45, 2.75) is 0 Å². The number of benzene rings is 3. The Morgan fingerprint density at radius 3 is 2.47 bits per heavy atom. The van der Waals surface area contributed by atoms with Crippen LogP contribution in [0.5, 0.6) is 0 Å². The quantitative estimate of drug-likeness (QED) is 0.486. The van der Waals surface area contributed by atoms with E-state index in [-0.39, 0.29) is 28.3 Å². The second-order valence-corrected chi connectivity index (χ2v) is 7.07. The van der Waals surface area contributed by atoms with Gasteiger partial charge in [-0.25, -0.2) is 14.7 Å². The highest BCUT2D eigenvalue weighted by molar-refractivity contribution is 6.36. The summed E-state index contributed by atoms with van der Waals surface area (Å²) in [6.07, 6.45) is 0. The monoisotopic (exact) mass is 418 g/mol. The van der Waals surface area contributed by atoms with E-state index in [2.05, 4.69) is 4.98 Å². The summed E-state index contributed by atoms with van der Waals surface area (Å²) in [7, 11) is 0. The number of fused-ring (bicyclic) bond motifs is 2. The number of carboxylic acid groups (broad SMARTS) is 1. The fourth-order valence-corrected chi connectivity index (χ4v) is 3.61. The van der Waals surface area contributed by atoms with Crippen molar-refractivity contribution >= 4 is 46.2 Å². The molecule has 0 saturated heterocycles. The minimum atomic E-state index is -1.18. The number of halogens is 1. The predicted octanol–water partition coefficient (Wildman–Crippen LogP) is 4.65. The van der Waals surface area contributed by atoms with Crippen LogP contribution in [0.15, 0.2) is 65.1 Å². The van der Waals surface area contributed by atoms with Crippen LogP contribution in [0.25, 0.3) is 22.6 Å². The van der Waals surface area contributed by atoms with Gasteiger partial charge in [-0.3, -0.25) is 9.59 Å². The predicted molar refractivity (Wildman–Crippen MR) is 109 cm³/mol. The van der Waals surface area contributed by atoms with Gasteiger partial charge in [0.25, 0.3) is 11.8 Å². The molecule has 2 amide bonds. The molecule has 1 aliphatic rings. The molecule has 1 aromatic heterocycles. The summed E-state index contributed by atoms with van der Waals surface area (Å²) in [6, 6.07) is 15.7. The van der Waals surface area contributed by atoms with E-state index < -0.39 is 17.8 Å². The van der Waals surface area contributed by atoms with Crippen LogP contribution in [-0.4, -0.2) is 27.9 Å². The largest absolute Gasteiger partial charge is 0.478 e. The Hall–Kier alpha value is -3.97. The lowest BCUT2D eigenvalue weighted by molar-refractivity contribution is 0.0696. The first-order chi connectivity index (χ1) is 14.4. The summed E-state index contributed by atoms with van der Waals surface area (Å²) in [5.74, 6) is -2.07. The summed E-state index contributed by atoms with van der Waals surface area (Å²) in [5.41, 5.74) is 2.04. The first-order valence-corrected chi connectivity index (χ1v) is 9.23. The van der Waals surface area contributed by atoms with Crippen molar-refractivity contribution in [3.8, 4) is 11.5 Å². The number of carboxylic acids is 1. The van der Waals surface area contributed by atoms with Crippen molar-refractivity contribution in [3.05, 3.63) is 82.4 Å². The number of nitrogens with zero attached hydrogens (tertiary/aromatic N) is 2. The van der Waals surface area contributed by atoms with Gasteiger partial charge in [-0.2, -0.15) is 0 Å². The Labute approximate surface area is 174 Å². The fourth-order valence-electron chi connectivity index (χ4n) is 3.41. The van der Waals surface area contributed by atoms with Gasteiger partial charge in [0, 0.05) is 0 Å². The minimum absolute atomic E-state index is 0.0401. The van der Waals surface area contributed by atoms with Crippen LogP contribution in [0.1, 0.15) is 31.1 Å². The maximum atomic E-state index is 12.9. The van der Waals surface area contributed by atoms with Crippen molar-refractivity contribution in [3.63, 3.8) is 0 Å². The maximum absolute atomic E-state index is 12.9. The second kappa shape index (κ2) is 6.53. The van der Waals surface area contributed by atoms with Crippen LogP contribution in [0.2, 0.25) is 5.02 Å². The summed E-state index contributed by atoms with van der Waals surface area (Å²) in [6.45, 7) is 0. The van der Waals surface area contributed by atoms with E-state index in [9.17, 15) is 14.4 Å². The first-order valence-electron chi connectivity index (χ1n) is 8.85. The Kier molecular flexibility index (Phi) is 3.94. The second-order valence-electron chi connectivity index (χ2n) is 6.66. The molecule has 0 spiro atoms. The van der Waals surface area contributed by atoms with Crippen LogP contribution >= 0.6 is 11.6 Å². The van der Waals surface area contributed by atoms with Gasteiger partial charge in [0.1, 0.15) is 5.52 Å². The van der Waals surface area contributed by atoms with Gasteiger partial charge in [-0.15, -0.1) is 0 Å². The molecule has 0 atom stereocenters. The molecule has 1 aliphatic heterocycles. The molecule has 2 heterocycles. The van der Waals surface area contributed by atoms with Gasteiger partial charge in [0.05, 0.1) is 33.0 Å². The van der Waals surface area contributed by atoms with Crippen LogP contribution in [0.3, 0.4) is 0 Å². The molecule has 0 unspecified atom stereocenters. The van der Waals surface area contributed by atoms with E-state index in [1.54, 1.807) is 24.3 Å². The van der Waals surface area contributed by atoms with Gasteiger partial charge >= 0.3 is 5.97 Å². The first kappa shape index (κ1) is 18.1. The van der Waals surface area contributed by atoms with E-state index >= 15 is 0 Å². The van der Waals surface area contributed by atoms with E-state index in [0.717, 1.165) is 4.90 Å². The van der Waals surface area contributed by atoms with Crippen molar-refractivity contribution in [2.75, 3.05) is 4.90 Å². The van der Waals surface area contributed by atoms with Gasteiger partial charge in [-0.1, -0.05) is 23.7 Å². The molecule has 3 aromatic carbocycles. The average Bonchev–Trinajstić information content (AvgIpc) is 3.28. The topological polar surface area (TPSA) is 101 Å². The summed E-state index contributed by atoms with van der Waals surface area (Å²) in [4.78, 5) is 42.4. The zero-order chi connectivity index (χ0) is 21.0. The van der Waals surface area contributed by atoms with E-state index in [1.165, 1.54) is 24.3 Å². The molecular weight excluding hydrogens is 408 g/mol. The van der Waals surface area contributed by atoms with Crippen LogP contribution < -0.4 is 4.90 Å². The Bertz CT molecular complexity index is 1360. The summed E-state index contributed by atoms with van der Waals surface area (Å²) in [5, 5.41) is 9.50. The summed E-state index contributed by atoms with van der Waals surface area (Å²) < 4.78 is 5.76. The molecule has 0 saturated carbocycles. The fraction of sp³-hybridized carbons (Fsp3) is 0. The third-order valence-electron chi connectivity index (χ3n) is 4.87. The average molecular weight is 419 g/mol. The highest BCUT2D eigenvalue weighted by Crippen LogP contribution is 2.36. The molecule has 8 heteroatoms.